The third-order valence-corrected chi connectivity index (χ3v) is 4.83. The molecule has 2 aliphatic rings. The minimum Gasteiger partial charge on any atom is -0.373 e. The average molecular weight is 368 g/mol. The van der Waals surface area contributed by atoms with Crippen molar-refractivity contribution in [3.8, 4) is 0 Å². The summed E-state index contributed by atoms with van der Waals surface area (Å²) >= 11 is 6.03. The number of urea groups is 1. The van der Waals surface area contributed by atoms with Gasteiger partial charge in [0.25, 0.3) is 0 Å². The summed E-state index contributed by atoms with van der Waals surface area (Å²) in [6.07, 6.45) is 0.881. The Morgan fingerprint density at radius 1 is 1.28 bits per heavy atom. The third-order valence-electron chi connectivity index (χ3n) is 4.58. The minimum atomic E-state index is -0.203. The Balaban J connectivity index is 1.71. The normalized spacial score (nSPS) is 22.0. The second kappa shape index (κ2) is 7.91. The molecule has 3 rings (SSSR count). The second-order valence-corrected chi connectivity index (χ2v) is 7.56. The van der Waals surface area contributed by atoms with Crippen LogP contribution in [0.15, 0.2) is 24.3 Å². The van der Waals surface area contributed by atoms with Gasteiger partial charge in [-0.3, -0.25) is 9.74 Å². The summed E-state index contributed by atoms with van der Waals surface area (Å²) in [5.74, 6) is 0. The molecule has 0 radical (unpaired) electrons. The molecule has 0 saturated carbocycles. The van der Waals surface area contributed by atoms with Gasteiger partial charge in [-0.05, 0) is 38.0 Å². The van der Waals surface area contributed by atoms with Crippen LogP contribution in [0.25, 0.3) is 0 Å². The number of carbonyl (C=O) groups excluding carboxylic acids is 1. The van der Waals surface area contributed by atoms with Crippen molar-refractivity contribution in [1.82, 2.24) is 15.3 Å². The number of rotatable bonds is 4. The van der Waals surface area contributed by atoms with E-state index in [9.17, 15) is 4.79 Å². The van der Waals surface area contributed by atoms with Crippen LogP contribution in [0, 0.1) is 0 Å². The van der Waals surface area contributed by atoms with Crippen molar-refractivity contribution in [2.75, 3.05) is 39.4 Å². The number of carbonyl (C=O) groups is 1. The van der Waals surface area contributed by atoms with Crippen LogP contribution in [0.2, 0.25) is 5.02 Å². The van der Waals surface area contributed by atoms with Gasteiger partial charge < -0.3 is 10.1 Å². The van der Waals surface area contributed by atoms with Crippen molar-refractivity contribution in [2.24, 2.45) is 0 Å². The topological polar surface area (TPSA) is 54.0 Å². The van der Waals surface area contributed by atoms with E-state index in [4.69, 9.17) is 21.2 Å². The Morgan fingerprint density at radius 3 is 2.68 bits per heavy atom. The molecule has 0 aliphatic carbocycles. The van der Waals surface area contributed by atoms with Crippen molar-refractivity contribution in [2.45, 2.75) is 31.9 Å². The van der Waals surface area contributed by atoms with E-state index in [2.05, 4.69) is 24.1 Å². The molecule has 138 valence electrons. The monoisotopic (exact) mass is 367 g/mol. The molecule has 7 heteroatoms. The maximum atomic E-state index is 12.3. The van der Waals surface area contributed by atoms with Gasteiger partial charge in [-0.1, -0.05) is 23.7 Å². The highest BCUT2D eigenvalue weighted by molar-refractivity contribution is 6.30. The molecule has 2 saturated heterocycles. The number of hydroxylamine groups is 2. The van der Waals surface area contributed by atoms with Gasteiger partial charge in [0.05, 0.1) is 31.4 Å². The number of amides is 2. The number of halogens is 1. The van der Waals surface area contributed by atoms with E-state index < -0.39 is 0 Å². The van der Waals surface area contributed by atoms with E-state index in [0.29, 0.717) is 31.3 Å². The lowest BCUT2D eigenvalue weighted by atomic mass is 10.0. The number of benzene rings is 1. The number of morpholine rings is 1. The summed E-state index contributed by atoms with van der Waals surface area (Å²) in [6.45, 7) is 8.25. The van der Waals surface area contributed by atoms with E-state index in [-0.39, 0.29) is 17.7 Å². The number of nitrogens with zero attached hydrogens (tertiary/aromatic N) is 2. The molecular formula is C18H26ClN3O3. The fourth-order valence-corrected chi connectivity index (χ4v) is 3.47. The molecule has 1 unspecified atom stereocenters. The molecule has 0 spiro atoms. The highest BCUT2D eigenvalue weighted by Gasteiger charge is 2.32. The van der Waals surface area contributed by atoms with Crippen molar-refractivity contribution in [3.63, 3.8) is 0 Å². The van der Waals surface area contributed by atoms with Crippen LogP contribution < -0.4 is 5.32 Å². The molecule has 2 fully saturated rings. The molecule has 0 aromatic heterocycles. The van der Waals surface area contributed by atoms with Gasteiger partial charge in [0, 0.05) is 24.7 Å². The number of hydrogen-bond donors (Lipinski definition) is 1. The van der Waals surface area contributed by atoms with Crippen LogP contribution in [0.5, 0.6) is 0 Å². The summed E-state index contributed by atoms with van der Waals surface area (Å²) < 4.78 is 5.83. The quantitative estimate of drug-likeness (QED) is 0.889. The molecular weight excluding hydrogens is 342 g/mol. The second-order valence-electron chi connectivity index (χ2n) is 7.12. The van der Waals surface area contributed by atoms with E-state index >= 15 is 0 Å². The molecule has 0 bridgehead atoms. The van der Waals surface area contributed by atoms with Crippen LogP contribution in [0.3, 0.4) is 0 Å². The minimum absolute atomic E-state index is 0.0620. The Hall–Kier alpha value is -1.34. The zero-order valence-electron chi connectivity index (χ0n) is 14.8. The van der Waals surface area contributed by atoms with Gasteiger partial charge in [0.1, 0.15) is 0 Å². The molecule has 6 nitrogen and oxygen atoms in total. The molecule has 1 atom stereocenters. The molecule has 2 heterocycles. The number of hydrogen-bond acceptors (Lipinski definition) is 4. The fourth-order valence-electron chi connectivity index (χ4n) is 3.34. The molecule has 2 amide bonds. The summed E-state index contributed by atoms with van der Waals surface area (Å²) in [7, 11) is 0. The number of ether oxygens (including phenoxy) is 1. The van der Waals surface area contributed by atoms with Crippen LogP contribution in [-0.2, 0) is 9.57 Å². The lowest BCUT2D eigenvalue weighted by Gasteiger charge is -2.42. The zero-order valence-corrected chi connectivity index (χ0v) is 15.6. The van der Waals surface area contributed by atoms with Gasteiger partial charge in [-0.15, -0.1) is 0 Å². The van der Waals surface area contributed by atoms with Gasteiger partial charge in [-0.2, -0.15) is 0 Å². The van der Waals surface area contributed by atoms with Gasteiger partial charge >= 0.3 is 6.03 Å². The van der Waals surface area contributed by atoms with Gasteiger partial charge in [0.2, 0.25) is 0 Å². The van der Waals surface area contributed by atoms with Crippen LogP contribution in [0.4, 0.5) is 4.79 Å². The fraction of sp³-hybridized carbons (Fsp3) is 0.611. The molecule has 25 heavy (non-hydrogen) atoms. The maximum absolute atomic E-state index is 12.3. The first kappa shape index (κ1) is 18.5. The van der Waals surface area contributed by atoms with Crippen molar-refractivity contribution >= 4 is 17.6 Å². The zero-order chi connectivity index (χ0) is 17.9. The molecule has 2 aliphatic heterocycles. The SMILES string of the molecule is CC1(C)CN(C(CNC(=O)N2CCCO2)c2ccc(Cl)cc2)CCO1. The van der Waals surface area contributed by atoms with Gasteiger partial charge in [0.15, 0.2) is 0 Å². The Kier molecular flexibility index (Phi) is 5.84. The highest BCUT2D eigenvalue weighted by Crippen LogP contribution is 2.27. The first-order valence-corrected chi connectivity index (χ1v) is 9.14. The van der Waals surface area contributed by atoms with E-state index in [1.165, 1.54) is 5.06 Å². The van der Waals surface area contributed by atoms with Crippen LogP contribution in [0.1, 0.15) is 31.9 Å². The van der Waals surface area contributed by atoms with Crippen LogP contribution in [-0.4, -0.2) is 61.0 Å². The summed E-state index contributed by atoms with van der Waals surface area (Å²) in [6, 6.07) is 7.71. The number of nitrogens with one attached hydrogen (secondary N) is 1. The van der Waals surface area contributed by atoms with Crippen molar-refractivity contribution in [1.29, 1.82) is 0 Å². The predicted octanol–water partition coefficient (Wildman–Crippen LogP) is 2.84. The Labute approximate surface area is 154 Å². The standard InChI is InChI=1S/C18H26ClN3O3/c1-18(2)13-21(9-11-24-18)16(14-4-6-15(19)7-5-14)12-20-17(23)22-8-3-10-25-22/h4-7,16H,3,8-13H2,1-2H3,(H,20,23). The summed E-state index contributed by atoms with van der Waals surface area (Å²) in [5, 5.41) is 5.12. The van der Waals surface area contributed by atoms with E-state index in [1.54, 1.807) is 0 Å². The first-order valence-electron chi connectivity index (χ1n) is 8.76. The maximum Gasteiger partial charge on any atom is 0.341 e. The summed E-state index contributed by atoms with van der Waals surface area (Å²) in [5.41, 5.74) is 0.926. The van der Waals surface area contributed by atoms with Crippen molar-refractivity contribution < 1.29 is 14.4 Å². The van der Waals surface area contributed by atoms with E-state index in [1.807, 2.05) is 24.3 Å². The van der Waals surface area contributed by atoms with Crippen LogP contribution >= 0.6 is 11.6 Å². The lowest BCUT2D eigenvalue weighted by molar-refractivity contribution is -0.0979. The summed E-state index contributed by atoms with van der Waals surface area (Å²) in [4.78, 5) is 19.9. The highest BCUT2D eigenvalue weighted by atomic mass is 35.5. The smallest absolute Gasteiger partial charge is 0.341 e. The first-order chi connectivity index (χ1) is 11.9. The lowest BCUT2D eigenvalue weighted by Crippen LogP contribution is -2.52. The van der Waals surface area contributed by atoms with E-state index in [0.717, 1.165) is 25.1 Å². The Bertz CT molecular complexity index is 588. The van der Waals surface area contributed by atoms with Crippen molar-refractivity contribution in [3.05, 3.63) is 34.9 Å². The van der Waals surface area contributed by atoms with Gasteiger partial charge in [-0.25, -0.2) is 9.86 Å². The third kappa shape index (κ3) is 4.85. The largest absolute Gasteiger partial charge is 0.373 e. The average Bonchev–Trinajstić information content (AvgIpc) is 3.10. The predicted molar refractivity (Wildman–Crippen MR) is 96.5 cm³/mol. The molecule has 1 aromatic carbocycles. The molecule has 1 N–H and O–H groups in total. The Morgan fingerprint density at radius 2 is 2.04 bits per heavy atom. The molecule has 1 aromatic rings.